The Hall–Kier alpha value is -2.04. The molecule has 3 N–H and O–H groups in total. The number of para-hydroxylation sites is 1. The van der Waals surface area contributed by atoms with Gasteiger partial charge in [-0.15, -0.1) is 0 Å². The van der Waals surface area contributed by atoms with Crippen LogP contribution >= 0.6 is 0 Å². The number of hydrogen-bond donors (Lipinski definition) is 3. The van der Waals surface area contributed by atoms with Crippen LogP contribution in [0.5, 0.6) is 0 Å². The van der Waals surface area contributed by atoms with Gasteiger partial charge in [0.1, 0.15) is 0 Å². The van der Waals surface area contributed by atoms with E-state index in [0.717, 1.165) is 12.8 Å². The van der Waals surface area contributed by atoms with E-state index in [0.29, 0.717) is 12.2 Å². The molecule has 0 saturated carbocycles. The molecule has 0 atom stereocenters. The first-order chi connectivity index (χ1) is 10.1. The van der Waals surface area contributed by atoms with Crippen molar-refractivity contribution in [1.82, 2.24) is 5.32 Å². The lowest BCUT2D eigenvalue weighted by Crippen LogP contribution is -2.30. The lowest BCUT2D eigenvalue weighted by Gasteiger charge is -2.09. The van der Waals surface area contributed by atoms with Crippen molar-refractivity contribution in [3.05, 3.63) is 29.8 Å². The summed E-state index contributed by atoms with van der Waals surface area (Å²) in [5.41, 5.74) is 0.401. The number of rotatable bonds is 9. The van der Waals surface area contributed by atoms with E-state index in [1.807, 2.05) is 0 Å². The fraction of sp³-hybridized carbons (Fsp3) is 0.500. The van der Waals surface area contributed by atoms with Crippen LogP contribution in [0.25, 0.3) is 0 Å². The molecule has 2 amide bonds. The molecule has 0 aliphatic rings. The van der Waals surface area contributed by atoms with E-state index >= 15 is 0 Å². The summed E-state index contributed by atoms with van der Waals surface area (Å²) in [6.45, 7) is 2.79. The molecule has 0 aliphatic carbocycles. The number of carboxylic acids is 1. The molecule has 0 unspecified atom stereocenters. The first kappa shape index (κ1) is 17.0. The van der Waals surface area contributed by atoms with Gasteiger partial charge in [-0.25, -0.2) is 9.59 Å². The predicted molar refractivity (Wildman–Crippen MR) is 83.8 cm³/mol. The van der Waals surface area contributed by atoms with Gasteiger partial charge in [0.05, 0.1) is 11.3 Å². The second-order valence-electron chi connectivity index (χ2n) is 5.00. The Kier molecular flexibility index (Phi) is 7.94. The fourth-order valence-corrected chi connectivity index (χ4v) is 2.05. The van der Waals surface area contributed by atoms with Gasteiger partial charge < -0.3 is 15.7 Å². The number of carbonyl (C=O) groups is 2. The lowest BCUT2D eigenvalue weighted by molar-refractivity contribution is 0.0698. The molecule has 0 saturated heterocycles. The Labute approximate surface area is 125 Å². The third-order valence-electron chi connectivity index (χ3n) is 3.22. The SMILES string of the molecule is CCCCCCCCNC(=O)Nc1ccccc1C(=O)O. The summed E-state index contributed by atoms with van der Waals surface area (Å²) < 4.78 is 0. The number of aromatic carboxylic acids is 1. The van der Waals surface area contributed by atoms with Crippen molar-refractivity contribution in [2.75, 3.05) is 11.9 Å². The van der Waals surface area contributed by atoms with E-state index in [4.69, 9.17) is 5.11 Å². The van der Waals surface area contributed by atoms with Crippen molar-refractivity contribution >= 4 is 17.7 Å². The Morgan fingerprint density at radius 2 is 1.71 bits per heavy atom. The van der Waals surface area contributed by atoms with E-state index in [2.05, 4.69) is 17.6 Å². The van der Waals surface area contributed by atoms with Crippen LogP contribution in [0, 0.1) is 0 Å². The van der Waals surface area contributed by atoms with Gasteiger partial charge in [-0.3, -0.25) is 0 Å². The van der Waals surface area contributed by atoms with Gasteiger partial charge >= 0.3 is 12.0 Å². The number of hydrogen-bond acceptors (Lipinski definition) is 2. The monoisotopic (exact) mass is 292 g/mol. The molecule has 1 aromatic rings. The average Bonchev–Trinajstić information content (AvgIpc) is 2.46. The second kappa shape index (κ2) is 9.80. The summed E-state index contributed by atoms with van der Waals surface area (Å²) in [5.74, 6) is -1.05. The van der Waals surface area contributed by atoms with Gasteiger partial charge in [-0.05, 0) is 18.6 Å². The van der Waals surface area contributed by atoms with Crippen molar-refractivity contribution in [2.45, 2.75) is 45.4 Å². The van der Waals surface area contributed by atoms with E-state index in [1.54, 1.807) is 18.2 Å². The molecule has 0 aliphatic heterocycles. The molecule has 1 rings (SSSR count). The van der Waals surface area contributed by atoms with E-state index in [-0.39, 0.29) is 11.6 Å². The van der Waals surface area contributed by atoms with Gasteiger partial charge in [0.2, 0.25) is 0 Å². The molecule has 21 heavy (non-hydrogen) atoms. The van der Waals surface area contributed by atoms with Gasteiger partial charge in [0.15, 0.2) is 0 Å². The van der Waals surface area contributed by atoms with Gasteiger partial charge in [0, 0.05) is 6.54 Å². The highest BCUT2D eigenvalue weighted by molar-refractivity contribution is 5.99. The summed E-state index contributed by atoms with van der Waals surface area (Å²) in [6.07, 6.45) is 6.97. The Morgan fingerprint density at radius 3 is 2.43 bits per heavy atom. The van der Waals surface area contributed by atoms with Crippen molar-refractivity contribution in [3.8, 4) is 0 Å². The van der Waals surface area contributed by atoms with Crippen LogP contribution in [0.2, 0.25) is 0 Å². The number of urea groups is 1. The maximum atomic E-state index is 11.7. The number of unbranched alkanes of at least 4 members (excludes halogenated alkanes) is 5. The Balaban J connectivity index is 2.27. The van der Waals surface area contributed by atoms with E-state index < -0.39 is 5.97 Å². The molecule has 0 aromatic heterocycles. The highest BCUT2D eigenvalue weighted by Gasteiger charge is 2.10. The molecule has 5 heteroatoms. The van der Waals surface area contributed by atoms with Crippen LogP contribution in [-0.4, -0.2) is 23.7 Å². The minimum Gasteiger partial charge on any atom is -0.478 e. The third-order valence-corrected chi connectivity index (χ3v) is 3.22. The largest absolute Gasteiger partial charge is 0.478 e. The minimum absolute atomic E-state index is 0.0900. The van der Waals surface area contributed by atoms with Crippen LogP contribution in [0.15, 0.2) is 24.3 Å². The maximum absolute atomic E-state index is 11.7. The summed E-state index contributed by atoms with van der Waals surface area (Å²) >= 11 is 0. The molecular formula is C16H24N2O3. The Morgan fingerprint density at radius 1 is 1.05 bits per heavy atom. The van der Waals surface area contributed by atoms with Crippen molar-refractivity contribution in [3.63, 3.8) is 0 Å². The summed E-state index contributed by atoms with van der Waals surface area (Å²) in [6, 6.07) is 6.00. The quantitative estimate of drug-likeness (QED) is 0.605. The number of nitrogens with one attached hydrogen (secondary N) is 2. The highest BCUT2D eigenvalue weighted by atomic mass is 16.4. The van der Waals surface area contributed by atoms with Crippen LogP contribution < -0.4 is 10.6 Å². The number of benzene rings is 1. The molecule has 0 bridgehead atoms. The highest BCUT2D eigenvalue weighted by Crippen LogP contribution is 2.14. The smallest absolute Gasteiger partial charge is 0.337 e. The number of carboxylic acid groups (broad SMARTS) is 1. The molecule has 5 nitrogen and oxygen atoms in total. The number of anilines is 1. The van der Waals surface area contributed by atoms with Gasteiger partial charge in [-0.2, -0.15) is 0 Å². The molecule has 0 fully saturated rings. The Bertz CT molecular complexity index is 461. The number of amides is 2. The van der Waals surface area contributed by atoms with Crippen molar-refractivity contribution in [2.24, 2.45) is 0 Å². The zero-order valence-electron chi connectivity index (χ0n) is 12.5. The predicted octanol–water partition coefficient (Wildman–Crippen LogP) is 3.87. The van der Waals surface area contributed by atoms with Crippen molar-refractivity contribution < 1.29 is 14.7 Å². The minimum atomic E-state index is -1.05. The lowest BCUT2D eigenvalue weighted by atomic mass is 10.1. The zero-order chi connectivity index (χ0) is 15.5. The van der Waals surface area contributed by atoms with Crippen molar-refractivity contribution in [1.29, 1.82) is 0 Å². The molecule has 0 heterocycles. The second-order valence-corrected chi connectivity index (χ2v) is 5.00. The van der Waals surface area contributed by atoms with Crippen LogP contribution in [0.3, 0.4) is 0 Å². The molecule has 1 aromatic carbocycles. The summed E-state index contributed by atoms with van der Waals surface area (Å²) in [7, 11) is 0. The van der Waals surface area contributed by atoms with E-state index in [9.17, 15) is 9.59 Å². The van der Waals surface area contributed by atoms with Gasteiger partial charge in [0.25, 0.3) is 0 Å². The summed E-state index contributed by atoms with van der Waals surface area (Å²) in [4.78, 5) is 22.7. The number of carbonyl (C=O) groups excluding carboxylic acids is 1. The van der Waals surface area contributed by atoms with Crippen LogP contribution in [0.4, 0.5) is 10.5 Å². The van der Waals surface area contributed by atoms with Gasteiger partial charge in [-0.1, -0.05) is 51.2 Å². The van der Waals surface area contributed by atoms with Crippen LogP contribution in [-0.2, 0) is 0 Å². The molecule has 0 spiro atoms. The molecule has 0 radical (unpaired) electrons. The standard InChI is InChI=1S/C16H24N2O3/c1-2-3-4-5-6-9-12-17-16(21)18-14-11-8-7-10-13(14)15(19)20/h7-8,10-11H,2-6,9,12H2,1H3,(H,19,20)(H2,17,18,21). The molecular weight excluding hydrogens is 268 g/mol. The molecule has 116 valence electrons. The topological polar surface area (TPSA) is 78.4 Å². The maximum Gasteiger partial charge on any atom is 0.337 e. The zero-order valence-corrected chi connectivity index (χ0v) is 12.5. The first-order valence-electron chi connectivity index (χ1n) is 7.52. The third kappa shape index (κ3) is 6.79. The van der Waals surface area contributed by atoms with E-state index in [1.165, 1.54) is 31.7 Å². The van der Waals surface area contributed by atoms with Crippen LogP contribution in [0.1, 0.15) is 55.8 Å². The normalized spacial score (nSPS) is 10.1. The fourth-order valence-electron chi connectivity index (χ4n) is 2.05. The summed E-state index contributed by atoms with van der Waals surface area (Å²) in [5, 5.41) is 14.3. The first-order valence-corrected chi connectivity index (χ1v) is 7.52. The average molecular weight is 292 g/mol.